The number of unbranched alkanes of at least 4 members (excludes halogenated alkanes) is 2. The maximum atomic E-state index is 6.04. The zero-order valence-electron chi connectivity index (χ0n) is 15.9. The van der Waals surface area contributed by atoms with E-state index in [1.165, 1.54) is 25.7 Å². The highest BCUT2D eigenvalue weighted by Gasteiger charge is 2.18. The monoisotopic (exact) mass is 348 g/mol. The van der Waals surface area contributed by atoms with Crippen LogP contribution in [0.5, 0.6) is 0 Å². The Morgan fingerprint density at radius 1 is 0.739 bits per heavy atom. The largest absolute Gasteiger partial charge is 0.483 e. The molecule has 0 aromatic carbocycles. The maximum Gasteiger partial charge on any atom is 0.483 e. The topological polar surface area (TPSA) is 51.8 Å². The van der Waals surface area contributed by atoms with Gasteiger partial charge in [-0.3, -0.25) is 0 Å². The van der Waals surface area contributed by atoms with E-state index in [4.69, 9.17) is 13.3 Å². The van der Waals surface area contributed by atoms with E-state index in [1.54, 1.807) is 14.2 Å². The van der Waals surface area contributed by atoms with Crippen molar-refractivity contribution >= 4 is 9.53 Å². The van der Waals surface area contributed by atoms with Crippen LogP contribution in [0.4, 0.5) is 0 Å². The van der Waals surface area contributed by atoms with Crippen molar-refractivity contribution in [2.45, 2.75) is 71.3 Å². The molecule has 2 N–H and O–H groups in total. The average molecular weight is 349 g/mol. The Morgan fingerprint density at radius 3 is 1.57 bits per heavy atom. The Balaban J connectivity index is 3.88. The average Bonchev–Trinajstić information content (AvgIpc) is 2.57. The third kappa shape index (κ3) is 15.3. The van der Waals surface area contributed by atoms with Crippen molar-refractivity contribution in [2.24, 2.45) is 0 Å². The minimum Gasteiger partial charge on any atom is -0.379 e. The van der Waals surface area contributed by atoms with Crippen LogP contribution < -0.4 is 10.6 Å². The third-order valence-corrected chi connectivity index (χ3v) is 5.24. The molecule has 0 rings (SSSR count). The predicted molar refractivity (Wildman–Crippen MR) is 100 cm³/mol. The Hall–Kier alpha value is 0.0169. The maximum absolute atomic E-state index is 6.04. The van der Waals surface area contributed by atoms with E-state index < -0.39 is 9.53 Å². The predicted octanol–water partition coefficient (Wildman–Crippen LogP) is 2.72. The smallest absolute Gasteiger partial charge is 0.379 e. The van der Waals surface area contributed by atoms with E-state index in [-0.39, 0.29) is 6.10 Å². The lowest BCUT2D eigenvalue weighted by atomic mass is 10.1. The van der Waals surface area contributed by atoms with Gasteiger partial charge in [0.2, 0.25) is 0 Å². The highest BCUT2D eigenvalue weighted by Crippen LogP contribution is 2.11. The van der Waals surface area contributed by atoms with Crippen LogP contribution in [0.3, 0.4) is 0 Å². The first-order valence-corrected chi connectivity index (χ1v) is 10.8. The van der Waals surface area contributed by atoms with Crippen LogP contribution >= 0.6 is 0 Å². The first-order chi connectivity index (χ1) is 11.3. The molecule has 0 amide bonds. The van der Waals surface area contributed by atoms with E-state index in [0.29, 0.717) is 0 Å². The van der Waals surface area contributed by atoms with Crippen molar-refractivity contribution < 1.29 is 13.3 Å². The molecule has 0 saturated heterocycles. The van der Waals surface area contributed by atoms with Crippen molar-refractivity contribution in [3.8, 4) is 0 Å². The molecule has 0 aliphatic carbocycles. The molecule has 0 aromatic rings. The lowest BCUT2D eigenvalue weighted by molar-refractivity contribution is 0.0744. The molecule has 0 unspecified atom stereocenters. The fraction of sp³-hybridized carbons (Fsp3) is 1.00. The van der Waals surface area contributed by atoms with Crippen molar-refractivity contribution in [3.63, 3.8) is 0 Å². The highest BCUT2D eigenvalue weighted by molar-refractivity contribution is 6.36. The van der Waals surface area contributed by atoms with Crippen LogP contribution in [0, 0.1) is 0 Å². The lowest BCUT2D eigenvalue weighted by Gasteiger charge is -2.22. The second-order valence-electron chi connectivity index (χ2n) is 6.01. The number of hydrogen-bond donors (Lipinski definition) is 2. The fourth-order valence-corrected chi connectivity index (χ4v) is 3.41. The second kappa shape index (κ2) is 18.4. The number of hydrogen-bond acceptors (Lipinski definition) is 5. The van der Waals surface area contributed by atoms with Gasteiger partial charge < -0.3 is 23.9 Å². The van der Waals surface area contributed by atoms with Crippen LogP contribution in [-0.4, -0.2) is 56.0 Å². The molecular weight excluding hydrogens is 308 g/mol. The van der Waals surface area contributed by atoms with Crippen LogP contribution in [0.2, 0.25) is 0 Å². The summed E-state index contributed by atoms with van der Waals surface area (Å²) in [4.78, 5) is 0. The molecule has 0 atom stereocenters. The van der Waals surface area contributed by atoms with Gasteiger partial charge >= 0.3 is 9.53 Å². The van der Waals surface area contributed by atoms with Crippen molar-refractivity contribution in [1.82, 2.24) is 10.6 Å². The van der Waals surface area contributed by atoms with Gasteiger partial charge in [-0.15, -0.1) is 0 Å². The van der Waals surface area contributed by atoms with Gasteiger partial charge in [0.1, 0.15) is 0 Å². The molecule has 0 fully saturated rings. The van der Waals surface area contributed by atoms with Gasteiger partial charge in [-0.25, -0.2) is 0 Å². The van der Waals surface area contributed by atoms with E-state index in [9.17, 15) is 0 Å². The van der Waals surface area contributed by atoms with Crippen molar-refractivity contribution in [3.05, 3.63) is 0 Å². The summed E-state index contributed by atoms with van der Waals surface area (Å²) in [6.07, 6.45) is 9.70. The number of rotatable bonds is 18. The fourth-order valence-electron chi connectivity index (χ4n) is 2.41. The molecule has 5 nitrogen and oxygen atoms in total. The third-order valence-electron chi connectivity index (χ3n) is 3.86. The van der Waals surface area contributed by atoms with Gasteiger partial charge in [-0.1, -0.05) is 26.7 Å². The number of nitrogens with one attached hydrogen (secondary N) is 2. The molecule has 0 heterocycles. The van der Waals surface area contributed by atoms with Crippen molar-refractivity contribution in [2.75, 3.05) is 40.4 Å². The van der Waals surface area contributed by atoms with Gasteiger partial charge in [-0.2, -0.15) is 0 Å². The minimum atomic E-state index is -1.93. The van der Waals surface area contributed by atoms with Crippen LogP contribution in [0.1, 0.15) is 65.2 Å². The minimum absolute atomic E-state index is 0.257. The zero-order chi connectivity index (χ0) is 17.2. The summed E-state index contributed by atoms with van der Waals surface area (Å²) in [7, 11) is 1.42. The zero-order valence-corrected chi connectivity index (χ0v) is 17.0. The van der Waals surface area contributed by atoms with E-state index in [0.717, 1.165) is 51.9 Å². The summed E-state index contributed by atoms with van der Waals surface area (Å²) in [6, 6.07) is 0. The SMILES string of the molecule is CCCCNCCCC(CCCNCCCC)O[SiH](OC)OC. The molecule has 0 spiro atoms. The Labute approximate surface area is 145 Å². The molecule has 0 aromatic heterocycles. The molecule has 0 saturated carbocycles. The molecule has 0 radical (unpaired) electrons. The molecular formula is C17H40N2O3Si. The van der Waals surface area contributed by atoms with E-state index in [2.05, 4.69) is 24.5 Å². The highest BCUT2D eigenvalue weighted by atomic mass is 28.3. The normalized spacial score (nSPS) is 11.7. The summed E-state index contributed by atoms with van der Waals surface area (Å²) in [5.41, 5.74) is 0. The van der Waals surface area contributed by atoms with Gasteiger partial charge in [0.05, 0.1) is 0 Å². The van der Waals surface area contributed by atoms with Gasteiger partial charge in [-0.05, 0) is 64.7 Å². The summed E-state index contributed by atoms with van der Waals surface area (Å²) in [6.45, 7) is 8.83. The summed E-state index contributed by atoms with van der Waals surface area (Å²) >= 11 is 0. The summed E-state index contributed by atoms with van der Waals surface area (Å²) in [5, 5.41) is 6.99. The molecule has 23 heavy (non-hydrogen) atoms. The molecule has 0 aliphatic heterocycles. The standard InChI is InChI=1S/C17H40N2O3Si/c1-5-7-13-18-15-9-11-17(22-23(20-3)21-4)12-10-16-19-14-8-6-2/h17-19,23H,5-16H2,1-4H3. The first kappa shape index (κ1) is 23.0. The van der Waals surface area contributed by atoms with E-state index in [1.807, 2.05) is 0 Å². The van der Waals surface area contributed by atoms with Crippen LogP contribution in [0.25, 0.3) is 0 Å². The molecule has 6 heteroatoms. The Morgan fingerprint density at radius 2 is 1.17 bits per heavy atom. The van der Waals surface area contributed by atoms with E-state index >= 15 is 0 Å². The second-order valence-corrected chi connectivity index (χ2v) is 7.80. The molecule has 0 bridgehead atoms. The summed E-state index contributed by atoms with van der Waals surface area (Å²) in [5.74, 6) is 0. The quantitative estimate of drug-likeness (QED) is 0.295. The van der Waals surface area contributed by atoms with Gasteiger partial charge in [0.25, 0.3) is 0 Å². The lowest BCUT2D eigenvalue weighted by Crippen LogP contribution is -2.31. The summed E-state index contributed by atoms with van der Waals surface area (Å²) < 4.78 is 16.7. The van der Waals surface area contributed by atoms with Gasteiger partial charge in [0, 0.05) is 20.3 Å². The van der Waals surface area contributed by atoms with Gasteiger partial charge in [0.15, 0.2) is 0 Å². The van der Waals surface area contributed by atoms with Crippen LogP contribution in [-0.2, 0) is 13.3 Å². The molecule has 0 aliphatic rings. The first-order valence-electron chi connectivity index (χ1n) is 9.40. The molecule has 140 valence electrons. The Bertz CT molecular complexity index is 216. The van der Waals surface area contributed by atoms with Crippen LogP contribution in [0.15, 0.2) is 0 Å². The Kier molecular flexibility index (Phi) is 18.4. The van der Waals surface area contributed by atoms with Crippen molar-refractivity contribution in [1.29, 1.82) is 0 Å².